The molecule has 3 rings (SSSR count). The minimum atomic E-state index is -5.29. The topological polar surface area (TPSA) is 78.8 Å². The number of carbonyl (C=O) groups excluding carboxylic acids is 1. The third-order valence-electron chi connectivity index (χ3n) is 5.19. The van der Waals surface area contributed by atoms with Crippen molar-refractivity contribution in [3.8, 4) is 23.4 Å². The number of ether oxygens (including phenoxy) is 1. The van der Waals surface area contributed by atoms with Gasteiger partial charge in [0.15, 0.2) is 5.92 Å². The zero-order valence-electron chi connectivity index (χ0n) is 16.1. The van der Waals surface area contributed by atoms with Crippen LogP contribution in [-0.4, -0.2) is 23.8 Å². The number of nitrogens with zero attached hydrogens (tertiary/aromatic N) is 3. The predicted molar refractivity (Wildman–Crippen MR) is 103 cm³/mol. The van der Waals surface area contributed by atoms with Crippen LogP contribution >= 0.6 is 0 Å². The summed E-state index contributed by atoms with van der Waals surface area (Å²) in [6, 6.07) is 17.2. The van der Waals surface area contributed by atoms with E-state index in [1.165, 1.54) is 28.8 Å². The van der Waals surface area contributed by atoms with Crippen LogP contribution in [0.25, 0.3) is 22.2 Å². The second kappa shape index (κ2) is 7.57. The van der Waals surface area contributed by atoms with Gasteiger partial charge in [0.05, 0.1) is 24.9 Å². The van der Waals surface area contributed by atoms with Gasteiger partial charge in [0.2, 0.25) is 5.41 Å². The molecule has 0 radical (unpaired) electrons. The first-order chi connectivity index (χ1) is 14.2. The molecule has 30 heavy (non-hydrogen) atoms. The van der Waals surface area contributed by atoms with Crippen molar-refractivity contribution >= 4 is 16.9 Å². The van der Waals surface area contributed by atoms with Gasteiger partial charge in [0, 0.05) is 23.5 Å². The van der Waals surface area contributed by atoms with Gasteiger partial charge in [-0.1, -0.05) is 48.5 Å². The molecule has 0 aliphatic rings. The highest BCUT2D eigenvalue weighted by atomic mass is 19.4. The number of hydrogen-bond acceptors (Lipinski definition) is 4. The fourth-order valence-corrected chi connectivity index (χ4v) is 3.90. The molecule has 3 aromatic rings. The van der Waals surface area contributed by atoms with Gasteiger partial charge in [0.1, 0.15) is 0 Å². The Hall–Kier alpha value is -3.78. The number of fused-ring (bicyclic) bond motifs is 1. The Balaban J connectivity index is 2.65. The quantitative estimate of drug-likeness (QED) is 0.593. The third-order valence-corrected chi connectivity index (χ3v) is 5.19. The minimum absolute atomic E-state index is 0.0787. The van der Waals surface area contributed by atoms with E-state index in [-0.39, 0.29) is 11.1 Å². The molecule has 1 aromatic heterocycles. The normalized spacial score (nSPS) is 13.5. The predicted octanol–water partition coefficient (Wildman–Crippen LogP) is 4.48. The average Bonchev–Trinajstić information content (AvgIpc) is 3.03. The number of carbonyl (C=O) groups is 1. The number of aryl methyl sites for hydroxylation is 1. The molecule has 0 aliphatic carbocycles. The van der Waals surface area contributed by atoms with Crippen molar-refractivity contribution in [2.24, 2.45) is 13.0 Å². The van der Waals surface area contributed by atoms with Crippen molar-refractivity contribution in [3.05, 3.63) is 60.2 Å². The van der Waals surface area contributed by atoms with Crippen LogP contribution in [0.5, 0.6) is 0 Å². The lowest BCUT2D eigenvalue weighted by molar-refractivity contribution is -0.212. The Morgan fingerprint density at radius 3 is 2.13 bits per heavy atom. The van der Waals surface area contributed by atoms with Crippen LogP contribution in [-0.2, 0) is 22.0 Å². The van der Waals surface area contributed by atoms with E-state index < -0.39 is 29.0 Å². The number of esters is 1. The molecule has 0 bridgehead atoms. The van der Waals surface area contributed by atoms with Crippen LogP contribution in [0.1, 0.15) is 5.56 Å². The molecule has 0 amide bonds. The monoisotopic (exact) mass is 411 g/mol. The van der Waals surface area contributed by atoms with Crippen molar-refractivity contribution in [1.29, 1.82) is 10.5 Å². The number of rotatable bonds is 4. The summed E-state index contributed by atoms with van der Waals surface area (Å²) in [5.41, 5.74) is -3.08. The summed E-state index contributed by atoms with van der Waals surface area (Å²) in [7, 11) is 2.38. The molecule has 1 unspecified atom stereocenters. The maximum absolute atomic E-state index is 14.7. The minimum Gasteiger partial charge on any atom is -0.468 e. The fraction of sp³-hybridized carbons (Fsp3) is 0.227. The summed E-state index contributed by atoms with van der Waals surface area (Å²) in [4.78, 5) is 12.8. The molecule has 1 atom stereocenters. The number of para-hydroxylation sites is 1. The second-order valence-corrected chi connectivity index (χ2v) is 6.65. The van der Waals surface area contributed by atoms with E-state index in [1.54, 1.807) is 49.5 Å². The molecular weight excluding hydrogens is 395 g/mol. The second-order valence-electron chi connectivity index (χ2n) is 6.65. The lowest BCUT2D eigenvalue weighted by Crippen LogP contribution is -2.54. The lowest BCUT2D eigenvalue weighted by atomic mass is 9.68. The number of nitriles is 2. The summed E-state index contributed by atoms with van der Waals surface area (Å²) < 4.78 is 50.3. The van der Waals surface area contributed by atoms with Gasteiger partial charge in [-0.2, -0.15) is 23.7 Å². The van der Waals surface area contributed by atoms with Crippen LogP contribution in [0.2, 0.25) is 0 Å². The number of aromatic nitrogens is 1. The molecule has 0 saturated carbocycles. The van der Waals surface area contributed by atoms with E-state index in [9.17, 15) is 28.5 Å². The zero-order chi connectivity index (χ0) is 22.1. The van der Waals surface area contributed by atoms with E-state index >= 15 is 0 Å². The van der Waals surface area contributed by atoms with E-state index in [0.29, 0.717) is 11.1 Å². The maximum atomic E-state index is 14.7. The molecule has 0 saturated heterocycles. The SMILES string of the molecule is COC(=O)C(c1c(-c2ccccc2)n(C)c2ccccc12)(C(C#N)C#N)C(F)(F)F. The lowest BCUT2D eigenvalue weighted by Gasteiger charge is -2.34. The van der Waals surface area contributed by atoms with E-state index in [4.69, 9.17) is 0 Å². The Labute approximate surface area is 170 Å². The molecule has 152 valence electrons. The van der Waals surface area contributed by atoms with Gasteiger partial charge in [-0.15, -0.1) is 0 Å². The highest BCUT2D eigenvalue weighted by molar-refractivity contribution is 6.00. The zero-order valence-corrected chi connectivity index (χ0v) is 16.1. The summed E-state index contributed by atoms with van der Waals surface area (Å²) >= 11 is 0. The molecule has 0 N–H and O–H groups in total. The van der Waals surface area contributed by atoms with Crippen LogP contribution in [0, 0.1) is 28.6 Å². The summed E-state index contributed by atoms with van der Waals surface area (Å²) in [6.07, 6.45) is -5.29. The molecule has 0 aliphatic heterocycles. The van der Waals surface area contributed by atoms with Crippen molar-refractivity contribution in [3.63, 3.8) is 0 Å². The number of benzene rings is 2. The fourth-order valence-electron chi connectivity index (χ4n) is 3.90. The van der Waals surface area contributed by atoms with Crippen LogP contribution in [0.3, 0.4) is 0 Å². The van der Waals surface area contributed by atoms with Gasteiger partial charge >= 0.3 is 12.1 Å². The van der Waals surface area contributed by atoms with Crippen LogP contribution in [0.4, 0.5) is 13.2 Å². The molecule has 2 aromatic carbocycles. The Morgan fingerprint density at radius 2 is 1.60 bits per heavy atom. The molecule has 5 nitrogen and oxygen atoms in total. The van der Waals surface area contributed by atoms with E-state index in [1.807, 2.05) is 0 Å². The van der Waals surface area contributed by atoms with Crippen LogP contribution < -0.4 is 0 Å². The molecular formula is C22H16F3N3O2. The molecule has 0 spiro atoms. The van der Waals surface area contributed by atoms with Gasteiger partial charge in [0.25, 0.3) is 0 Å². The smallest absolute Gasteiger partial charge is 0.411 e. The maximum Gasteiger partial charge on any atom is 0.411 e. The first-order valence-corrected chi connectivity index (χ1v) is 8.83. The van der Waals surface area contributed by atoms with Crippen LogP contribution in [0.15, 0.2) is 54.6 Å². The highest BCUT2D eigenvalue weighted by Crippen LogP contribution is 2.53. The Morgan fingerprint density at radius 1 is 1.03 bits per heavy atom. The number of alkyl halides is 3. The number of halogens is 3. The summed E-state index contributed by atoms with van der Waals surface area (Å²) in [6.45, 7) is 0. The van der Waals surface area contributed by atoms with Crippen molar-refractivity contribution < 1.29 is 22.7 Å². The van der Waals surface area contributed by atoms with Crippen molar-refractivity contribution in [1.82, 2.24) is 4.57 Å². The molecule has 8 heteroatoms. The molecule has 0 fully saturated rings. The highest BCUT2D eigenvalue weighted by Gasteiger charge is 2.69. The first kappa shape index (κ1) is 20.9. The standard InChI is InChI=1S/C22H16F3N3O2/c1-28-17-11-7-6-10-16(17)18(19(28)14-8-4-3-5-9-14)21(20(29)30-2,22(23,24)25)15(12-26)13-27/h3-11,15H,1-2H3. The average molecular weight is 411 g/mol. The summed E-state index contributed by atoms with van der Waals surface area (Å²) in [5.74, 6) is -4.07. The van der Waals surface area contributed by atoms with Gasteiger partial charge in [-0.05, 0) is 11.6 Å². The largest absolute Gasteiger partial charge is 0.468 e. The van der Waals surface area contributed by atoms with Gasteiger partial charge in [-0.25, -0.2) is 0 Å². The van der Waals surface area contributed by atoms with E-state index in [2.05, 4.69) is 4.74 Å². The first-order valence-electron chi connectivity index (χ1n) is 8.83. The number of methoxy groups -OCH3 is 1. The van der Waals surface area contributed by atoms with Gasteiger partial charge in [-0.3, -0.25) is 4.79 Å². The summed E-state index contributed by atoms with van der Waals surface area (Å²) in [5, 5.41) is 19.1. The number of hydrogen-bond donors (Lipinski definition) is 0. The Bertz CT molecular complexity index is 1170. The van der Waals surface area contributed by atoms with Crippen molar-refractivity contribution in [2.45, 2.75) is 11.6 Å². The third kappa shape index (κ3) is 2.81. The van der Waals surface area contributed by atoms with E-state index in [0.717, 1.165) is 7.11 Å². The van der Waals surface area contributed by atoms with Gasteiger partial charge < -0.3 is 9.30 Å². The van der Waals surface area contributed by atoms with Crippen molar-refractivity contribution in [2.75, 3.05) is 7.11 Å². The Kier molecular flexibility index (Phi) is 5.28. The molecule has 1 heterocycles.